The van der Waals surface area contributed by atoms with Crippen molar-refractivity contribution in [2.75, 3.05) is 0 Å². The Hall–Kier alpha value is -2.38. The highest BCUT2D eigenvalue weighted by molar-refractivity contribution is 5.83. The summed E-state index contributed by atoms with van der Waals surface area (Å²) in [5.41, 5.74) is -3.32. The Bertz CT molecular complexity index is 691. The third-order valence-corrected chi connectivity index (χ3v) is 2.40. The van der Waals surface area contributed by atoms with Gasteiger partial charge in [-0.3, -0.25) is 14.9 Å². The Balaban J connectivity index is 2.88. The number of nitro groups is 1. The summed E-state index contributed by atoms with van der Waals surface area (Å²) < 4.78 is 38.0. The van der Waals surface area contributed by atoms with Gasteiger partial charge in [-0.25, -0.2) is 0 Å². The second kappa shape index (κ2) is 3.83. The fourth-order valence-corrected chi connectivity index (χ4v) is 1.61. The van der Waals surface area contributed by atoms with Crippen molar-refractivity contribution < 1.29 is 18.1 Å². The van der Waals surface area contributed by atoms with Gasteiger partial charge in [-0.2, -0.15) is 13.2 Å². The van der Waals surface area contributed by atoms with Crippen molar-refractivity contribution in [1.82, 2.24) is 4.98 Å². The first-order chi connectivity index (χ1) is 8.32. The normalized spacial score (nSPS) is 11.7. The zero-order valence-electron chi connectivity index (χ0n) is 8.62. The average molecular weight is 258 g/mol. The van der Waals surface area contributed by atoms with Gasteiger partial charge in [0.25, 0.3) is 5.43 Å². The number of hydrogen-bond acceptors (Lipinski definition) is 3. The van der Waals surface area contributed by atoms with Crippen LogP contribution in [-0.4, -0.2) is 9.91 Å². The highest BCUT2D eigenvalue weighted by Crippen LogP contribution is 2.33. The first-order valence-corrected chi connectivity index (χ1v) is 4.68. The molecule has 2 aromatic rings. The van der Waals surface area contributed by atoms with Crippen LogP contribution >= 0.6 is 0 Å². The molecule has 0 atom stereocenters. The lowest BCUT2D eigenvalue weighted by Crippen LogP contribution is -2.13. The average Bonchev–Trinajstić information content (AvgIpc) is 2.27. The molecule has 0 saturated heterocycles. The molecule has 0 saturated carbocycles. The molecule has 0 bridgehead atoms. The lowest BCUT2D eigenvalue weighted by molar-refractivity contribution is -0.386. The first kappa shape index (κ1) is 12.1. The molecule has 1 N–H and O–H groups in total. The Morgan fingerprint density at radius 3 is 2.50 bits per heavy atom. The number of aromatic nitrogens is 1. The molecule has 18 heavy (non-hydrogen) atoms. The topological polar surface area (TPSA) is 76.0 Å². The maximum absolute atomic E-state index is 12.7. The number of nitrogens with zero attached hydrogens (tertiary/aromatic N) is 1. The molecule has 0 aliphatic rings. The quantitative estimate of drug-likeness (QED) is 0.630. The van der Waals surface area contributed by atoms with Crippen LogP contribution in [0.2, 0.25) is 0 Å². The highest BCUT2D eigenvalue weighted by Gasteiger charge is 2.33. The SMILES string of the molecule is O=c1c([N+](=O)[O-])c[nH]c2c(C(F)(F)F)cccc12. The van der Waals surface area contributed by atoms with Gasteiger partial charge in [-0.1, -0.05) is 6.07 Å². The number of halogens is 3. The van der Waals surface area contributed by atoms with E-state index in [1.165, 1.54) is 0 Å². The van der Waals surface area contributed by atoms with Crippen molar-refractivity contribution in [1.29, 1.82) is 0 Å². The molecule has 5 nitrogen and oxygen atoms in total. The molecule has 0 aliphatic carbocycles. The van der Waals surface area contributed by atoms with E-state index in [0.29, 0.717) is 6.20 Å². The molecule has 0 unspecified atom stereocenters. The Kier molecular flexibility index (Phi) is 2.57. The van der Waals surface area contributed by atoms with Crippen LogP contribution in [0, 0.1) is 10.1 Å². The van der Waals surface area contributed by atoms with E-state index >= 15 is 0 Å². The van der Waals surface area contributed by atoms with Crippen LogP contribution in [0.1, 0.15) is 5.56 Å². The molecule has 0 aliphatic heterocycles. The van der Waals surface area contributed by atoms with Crippen LogP contribution in [-0.2, 0) is 6.18 Å². The van der Waals surface area contributed by atoms with Gasteiger partial charge in [0, 0.05) is 0 Å². The van der Waals surface area contributed by atoms with Gasteiger partial charge < -0.3 is 4.98 Å². The third kappa shape index (κ3) is 1.81. The number of H-pyrrole nitrogens is 1. The summed E-state index contributed by atoms with van der Waals surface area (Å²) in [7, 11) is 0. The van der Waals surface area contributed by atoms with Crippen LogP contribution in [0.5, 0.6) is 0 Å². The Labute approximate surface area is 97.0 Å². The standard InChI is InChI=1S/C10H5F3N2O3/c11-10(12,13)6-3-1-2-5-8(6)14-4-7(9(5)16)15(17)18/h1-4H,(H,14,16). The van der Waals surface area contributed by atoms with Crippen LogP contribution in [0.15, 0.2) is 29.2 Å². The van der Waals surface area contributed by atoms with Crippen LogP contribution in [0.3, 0.4) is 0 Å². The Morgan fingerprint density at radius 1 is 1.28 bits per heavy atom. The van der Waals surface area contributed by atoms with Crippen molar-refractivity contribution in [3.05, 3.63) is 50.3 Å². The first-order valence-electron chi connectivity index (χ1n) is 4.68. The summed E-state index contributed by atoms with van der Waals surface area (Å²) in [6.07, 6.45) is -3.97. The van der Waals surface area contributed by atoms with Crippen molar-refractivity contribution in [3.8, 4) is 0 Å². The zero-order chi connectivity index (χ0) is 13.5. The molecule has 2 rings (SSSR count). The van der Waals surface area contributed by atoms with Gasteiger partial charge in [0.05, 0.1) is 27.6 Å². The number of pyridine rings is 1. The fourth-order valence-electron chi connectivity index (χ4n) is 1.61. The smallest absolute Gasteiger partial charge is 0.355 e. The van der Waals surface area contributed by atoms with Crippen molar-refractivity contribution >= 4 is 16.6 Å². The number of nitrogens with one attached hydrogen (secondary N) is 1. The number of hydrogen-bond donors (Lipinski definition) is 1. The molecule has 94 valence electrons. The highest BCUT2D eigenvalue weighted by atomic mass is 19.4. The summed E-state index contributed by atoms with van der Waals surface area (Å²) in [5, 5.41) is 10.1. The third-order valence-electron chi connectivity index (χ3n) is 2.40. The van der Waals surface area contributed by atoms with E-state index in [0.717, 1.165) is 18.2 Å². The number of benzene rings is 1. The summed E-state index contributed by atoms with van der Waals surface area (Å²) in [6, 6.07) is 2.94. The number of aromatic amines is 1. The van der Waals surface area contributed by atoms with Gasteiger partial charge >= 0.3 is 11.9 Å². The van der Waals surface area contributed by atoms with Crippen molar-refractivity contribution in [2.45, 2.75) is 6.18 Å². The van der Waals surface area contributed by atoms with Gasteiger partial charge in [0.15, 0.2) is 0 Å². The van der Waals surface area contributed by atoms with Crippen LogP contribution in [0.25, 0.3) is 10.9 Å². The molecule has 0 amide bonds. The predicted molar refractivity (Wildman–Crippen MR) is 56.2 cm³/mol. The lowest BCUT2D eigenvalue weighted by atomic mass is 10.1. The van der Waals surface area contributed by atoms with E-state index in [1.807, 2.05) is 0 Å². The number of alkyl halides is 3. The maximum Gasteiger partial charge on any atom is 0.418 e. The monoisotopic (exact) mass is 258 g/mol. The second-order valence-electron chi connectivity index (χ2n) is 3.49. The minimum Gasteiger partial charge on any atom is -0.355 e. The molecule has 0 radical (unpaired) electrons. The second-order valence-corrected chi connectivity index (χ2v) is 3.49. The van der Waals surface area contributed by atoms with Gasteiger partial charge in [0.2, 0.25) is 0 Å². The minimum atomic E-state index is -4.64. The van der Waals surface area contributed by atoms with Crippen LogP contribution in [0.4, 0.5) is 18.9 Å². The minimum absolute atomic E-state index is 0.362. The van der Waals surface area contributed by atoms with Crippen molar-refractivity contribution in [2.24, 2.45) is 0 Å². The molecular weight excluding hydrogens is 253 g/mol. The van der Waals surface area contributed by atoms with E-state index in [4.69, 9.17) is 0 Å². The summed E-state index contributed by atoms with van der Waals surface area (Å²) in [5.74, 6) is 0. The molecule has 8 heteroatoms. The summed E-state index contributed by atoms with van der Waals surface area (Å²) >= 11 is 0. The van der Waals surface area contributed by atoms with Gasteiger partial charge in [-0.15, -0.1) is 0 Å². The maximum atomic E-state index is 12.7. The summed E-state index contributed by atoms with van der Waals surface area (Å²) in [4.78, 5) is 23.3. The number of para-hydroxylation sites is 1. The molecule has 1 aromatic heterocycles. The largest absolute Gasteiger partial charge is 0.418 e. The van der Waals surface area contributed by atoms with Gasteiger partial charge in [0.1, 0.15) is 0 Å². The molecular formula is C10H5F3N2O3. The molecule has 0 spiro atoms. The zero-order valence-corrected chi connectivity index (χ0v) is 8.62. The lowest BCUT2D eigenvalue weighted by Gasteiger charge is -2.09. The fraction of sp³-hybridized carbons (Fsp3) is 0.100. The van der Waals surface area contributed by atoms with E-state index in [2.05, 4.69) is 4.98 Å². The van der Waals surface area contributed by atoms with Crippen molar-refractivity contribution in [3.63, 3.8) is 0 Å². The molecule has 1 heterocycles. The van der Waals surface area contributed by atoms with E-state index < -0.39 is 33.3 Å². The Morgan fingerprint density at radius 2 is 1.94 bits per heavy atom. The van der Waals surface area contributed by atoms with E-state index in [-0.39, 0.29) is 5.39 Å². The van der Waals surface area contributed by atoms with Crippen LogP contribution < -0.4 is 5.43 Å². The number of fused-ring (bicyclic) bond motifs is 1. The van der Waals surface area contributed by atoms with E-state index in [1.54, 1.807) is 0 Å². The predicted octanol–water partition coefficient (Wildman–Crippen LogP) is 2.46. The molecule has 1 aromatic carbocycles. The molecule has 0 fully saturated rings. The number of rotatable bonds is 1. The van der Waals surface area contributed by atoms with E-state index in [9.17, 15) is 28.1 Å². The summed E-state index contributed by atoms with van der Waals surface area (Å²) in [6.45, 7) is 0. The van der Waals surface area contributed by atoms with Gasteiger partial charge in [-0.05, 0) is 12.1 Å².